The molecule has 0 fully saturated rings. The molecule has 4 N–H and O–H groups in total. The number of nitrogens with zero attached hydrogens (tertiary/aromatic N) is 3. The fourth-order valence-corrected chi connectivity index (χ4v) is 2.55. The molecule has 0 spiro atoms. The van der Waals surface area contributed by atoms with Gasteiger partial charge in [0.1, 0.15) is 0 Å². The van der Waals surface area contributed by atoms with E-state index in [-0.39, 0.29) is 11.0 Å². The summed E-state index contributed by atoms with van der Waals surface area (Å²) in [5.41, 5.74) is 4.25. The van der Waals surface area contributed by atoms with Gasteiger partial charge in [-0.05, 0) is 30.0 Å². The number of H-pyrrole nitrogens is 1. The lowest BCUT2D eigenvalue weighted by Crippen LogP contribution is -2.33. The van der Waals surface area contributed by atoms with E-state index >= 15 is 0 Å². The highest BCUT2D eigenvalue weighted by atomic mass is 35.5. The van der Waals surface area contributed by atoms with Gasteiger partial charge in [-0.2, -0.15) is 4.98 Å². The Morgan fingerprint density at radius 2 is 2.24 bits per heavy atom. The Morgan fingerprint density at radius 3 is 2.86 bits per heavy atom. The van der Waals surface area contributed by atoms with E-state index in [1.165, 1.54) is 10.7 Å². The molecule has 1 heterocycles. The predicted molar refractivity (Wildman–Crippen MR) is 78.2 cm³/mol. The Balaban J connectivity index is 2.39. The highest BCUT2D eigenvalue weighted by molar-refractivity contribution is 7.99. The van der Waals surface area contributed by atoms with E-state index in [1.54, 1.807) is 19.2 Å². The van der Waals surface area contributed by atoms with Crippen LogP contribution in [0.25, 0.3) is 0 Å². The molecule has 10 heteroatoms. The maximum Gasteiger partial charge on any atom is 0.339 e. The van der Waals surface area contributed by atoms with E-state index in [1.807, 2.05) is 0 Å². The van der Waals surface area contributed by atoms with Crippen LogP contribution in [0.5, 0.6) is 0 Å². The van der Waals surface area contributed by atoms with Gasteiger partial charge >= 0.3 is 11.1 Å². The first-order chi connectivity index (χ1) is 9.92. The second-order valence-electron chi connectivity index (χ2n) is 3.93. The maximum absolute atomic E-state index is 11.3. The third-order valence-electron chi connectivity index (χ3n) is 2.48. The topological polar surface area (TPSA) is 126 Å². The molecular formula is C11H10ClN5O3S. The molecule has 110 valence electrons. The molecule has 21 heavy (non-hydrogen) atoms. The lowest BCUT2D eigenvalue weighted by Gasteiger charge is -2.08. The van der Waals surface area contributed by atoms with Crippen LogP contribution in [0, 0.1) is 0 Å². The Kier molecular flexibility index (Phi) is 4.34. The molecule has 2 rings (SSSR count). The number of rotatable bonds is 3. The molecule has 0 atom stereocenters. The molecule has 1 aromatic carbocycles. The number of aromatic amines is 1. The molecule has 2 aromatic rings. The number of hydrogen-bond donors (Lipinski definition) is 3. The fraction of sp³-hybridized carbons (Fsp3) is 0.0909. The monoisotopic (exact) mass is 327 g/mol. The molecule has 0 saturated carbocycles. The summed E-state index contributed by atoms with van der Waals surface area (Å²) in [5.74, 6) is -0.0667. The van der Waals surface area contributed by atoms with Crippen LogP contribution in [0.3, 0.4) is 0 Å². The van der Waals surface area contributed by atoms with Crippen molar-refractivity contribution in [2.24, 2.45) is 17.9 Å². The summed E-state index contributed by atoms with van der Waals surface area (Å²) in [6.07, 6.45) is 0. The van der Waals surface area contributed by atoms with E-state index in [0.29, 0.717) is 15.5 Å². The van der Waals surface area contributed by atoms with Crippen molar-refractivity contribution < 1.29 is 5.21 Å². The van der Waals surface area contributed by atoms with Gasteiger partial charge in [-0.15, -0.1) is 0 Å². The Morgan fingerprint density at radius 1 is 1.52 bits per heavy atom. The van der Waals surface area contributed by atoms with Crippen molar-refractivity contribution in [3.05, 3.63) is 49.5 Å². The first-order valence-electron chi connectivity index (χ1n) is 5.55. The SMILES string of the molecule is Cn1[nH]c(=O)c(=O)nc1Sc1ccc(/C(N)=N/O)cc1Cl. The van der Waals surface area contributed by atoms with Crippen LogP contribution in [0.15, 0.2) is 43.0 Å². The summed E-state index contributed by atoms with van der Waals surface area (Å²) >= 11 is 7.20. The second kappa shape index (κ2) is 6.02. The predicted octanol–water partition coefficient (Wildman–Crippen LogP) is 0.368. The Bertz CT molecular complexity index is 829. The first-order valence-corrected chi connectivity index (χ1v) is 6.74. The van der Waals surface area contributed by atoms with Crippen LogP contribution >= 0.6 is 23.4 Å². The molecule has 8 nitrogen and oxygen atoms in total. The first kappa shape index (κ1) is 15.1. The number of nitrogens with one attached hydrogen (secondary N) is 1. The summed E-state index contributed by atoms with van der Waals surface area (Å²) in [4.78, 5) is 26.7. The quantitative estimate of drug-likeness (QED) is 0.246. The fourth-order valence-electron chi connectivity index (χ4n) is 1.45. The minimum atomic E-state index is -0.875. The van der Waals surface area contributed by atoms with Gasteiger partial charge in [0.15, 0.2) is 11.0 Å². The normalized spacial score (nSPS) is 11.6. The van der Waals surface area contributed by atoms with Crippen LogP contribution in [0.4, 0.5) is 0 Å². The van der Waals surface area contributed by atoms with Crippen molar-refractivity contribution in [1.82, 2.24) is 14.8 Å². The number of halogens is 1. The summed E-state index contributed by atoms with van der Waals surface area (Å²) in [7, 11) is 1.55. The minimum Gasteiger partial charge on any atom is -0.409 e. The Labute approximate surface area is 127 Å². The van der Waals surface area contributed by atoms with Gasteiger partial charge in [0.25, 0.3) is 0 Å². The van der Waals surface area contributed by atoms with Gasteiger partial charge in [-0.25, -0.2) is 0 Å². The lowest BCUT2D eigenvalue weighted by atomic mass is 10.2. The van der Waals surface area contributed by atoms with Crippen molar-refractivity contribution >= 4 is 29.2 Å². The van der Waals surface area contributed by atoms with E-state index in [4.69, 9.17) is 22.5 Å². The average Bonchev–Trinajstić information content (AvgIpc) is 2.45. The van der Waals surface area contributed by atoms with Gasteiger partial charge < -0.3 is 10.9 Å². The standard InChI is InChI=1S/C11H10ClN5O3S/c1-17-11(14-9(18)10(19)15-17)21-7-3-2-5(4-6(7)12)8(13)16-20/h2-4,20H,1H3,(H2,13,16)(H,15,19). The van der Waals surface area contributed by atoms with Crippen LogP contribution < -0.4 is 16.9 Å². The van der Waals surface area contributed by atoms with E-state index < -0.39 is 11.1 Å². The second-order valence-corrected chi connectivity index (χ2v) is 5.35. The zero-order valence-corrected chi connectivity index (χ0v) is 12.3. The summed E-state index contributed by atoms with van der Waals surface area (Å²) in [5, 5.41) is 14.4. The minimum absolute atomic E-state index is 0.0667. The highest BCUT2D eigenvalue weighted by Crippen LogP contribution is 2.31. The number of nitrogens with two attached hydrogens (primary N) is 1. The van der Waals surface area contributed by atoms with Crippen LogP contribution in [0.2, 0.25) is 5.02 Å². The molecule has 0 aliphatic carbocycles. The van der Waals surface area contributed by atoms with Gasteiger partial charge in [0, 0.05) is 17.5 Å². The molecule has 0 aliphatic heterocycles. The molecule has 0 saturated heterocycles. The highest BCUT2D eigenvalue weighted by Gasteiger charge is 2.10. The van der Waals surface area contributed by atoms with Gasteiger partial charge in [-0.1, -0.05) is 16.8 Å². The van der Waals surface area contributed by atoms with Crippen LogP contribution in [-0.2, 0) is 7.05 Å². The largest absolute Gasteiger partial charge is 0.409 e. The summed E-state index contributed by atoms with van der Waals surface area (Å²) in [6.45, 7) is 0. The number of hydrogen-bond acceptors (Lipinski definition) is 6. The molecule has 1 aromatic heterocycles. The van der Waals surface area contributed by atoms with Gasteiger partial charge in [0.05, 0.1) is 5.02 Å². The van der Waals surface area contributed by atoms with Gasteiger partial charge in [0.2, 0.25) is 0 Å². The van der Waals surface area contributed by atoms with Crippen molar-refractivity contribution in [2.45, 2.75) is 10.1 Å². The molecule has 0 unspecified atom stereocenters. The average molecular weight is 328 g/mol. The summed E-state index contributed by atoms with van der Waals surface area (Å²) < 4.78 is 1.32. The molecule has 0 aliphatic rings. The smallest absolute Gasteiger partial charge is 0.339 e. The summed E-state index contributed by atoms with van der Waals surface area (Å²) in [6, 6.07) is 4.76. The van der Waals surface area contributed by atoms with E-state index in [2.05, 4.69) is 15.2 Å². The zero-order valence-electron chi connectivity index (χ0n) is 10.7. The molecule has 0 amide bonds. The molecular weight excluding hydrogens is 318 g/mol. The van der Waals surface area contributed by atoms with Crippen molar-refractivity contribution in [3.63, 3.8) is 0 Å². The number of aryl methyl sites for hydroxylation is 1. The number of amidine groups is 1. The Hall–Kier alpha value is -2.26. The van der Waals surface area contributed by atoms with Crippen molar-refractivity contribution in [3.8, 4) is 0 Å². The maximum atomic E-state index is 11.3. The lowest BCUT2D eigenvalue weighted by molar-refractivity contribution is 0.318. The van der Waals surface area contributed by atoms with Crippen LogP contribution in [0.1, 0.15) is 5.56 Å². The third kappa shape index (κ3) is 3.26. The zero-order chi connectivity index (χ0) is 15.6. The number of benzene rings is 1. The molecule has 0 bridgehead atoms. The van der Waals surface area contributed by atoms with E-state index in [0.717, 1.165) is 11.8 Å². The van der Waals surface area contributed by atoms with E-state index in [9.17, 15) is 9.59 Å². The number of aromatic nitrogens is 3. The van der Waals surface area contributed by atoms with Crippen molar-refractivity contribution in [1.29, 1.82) is 0 Å². The number of oxime groups is 1. The van der Waals surface area contributed by atoms with Gasteiger partial charge in [-0.3, -0.25) is 19.4 Å². The van der Waals surface area contributed by atoms with Crippen molar-refractivity contribution in [2.75, 3.05) is 0 Å². The third-order valence-corrected chi connectivity index (χ3v) is 4.03. The molecule has 0 radical (unpaired) electrons. The van der Waals surface area contributed by atoms with Crippen LogP contribution in [-0.4, -0.2) is 25.8 Å².